The van der Waals surface area contributed by atoms with E-state index in [0.29, 0.717) is 6.42 Å². The minimum Gasteiger partial charge on any atom is -0.481 e. The molecule has 0 heterocycles. The fourth-order valence-electron chi connectivity index (χ4n) is 3.67. The van der Waals surface area contributed by atoms with Crippen molar-refractivity contribution in [2.24, 2.45) is 0 Å². The Balaban J connectivity index is -0.000000594. The fourth-order valence-corrected chi connectivity index (χ4v) is 3.67. The van der Waals surface area contributed by atoms with Gasteiger partial charge in [0, 0.05) is 51.2 Å². The molecule has 3 N–H and O–H groups in total. The molecule has 0 spiro atoms. The van der Waals surface area contributed by atoms with Crippen LogP contribution in [0.2, 0.25) is 0 Å². The van der Waals surface area contributed by atoms with Gasteiger partial charge >= 0.3 is 17.9 Å². The zero-order chi connectivity index (χ0) is 24.9. The molecule has 0 fully saturated rings. The van der Waals surface area contributed by atoms with Gasteiger partial charge in [0.2, 0.25) is 0 Å². The molecule has 0 amide bonds. The van der Waals surface area contributed by atoms with Gasteiger partial charge in [0.1, 0.15) is 0 Å². The number of aryl methyl sites for hydroxylation is 1. The molecular weight excluding hydrogens is 636 g/mol. The molecule has 0 aliphatic rings. The molecule has 1 aromatic carbocycles. The summed E-state index contributed by atoms with van der Waals surface area (Å²) in [5, 5.41) is 25.8. The third-order valence-electron chi connectivity index (χ3n) is 5.63. The number of hydrogen-bond donors (Lipinski definition) is 3. The second-order valence-corrected chi connectivity index (χ2v) is 8.75. The average molecular weight is 680 g/mol. The third kappa shape index (κ3) is 23.3. The molecule has 2 radical (unpaired) electrons. The minimum atomic E-state index is -1.22. The van der Waals surface area contributed by atoms with Crippen molar-refractivity contribution >= 4 is 17.9 Å². The van der Waals surface area contributed by atoms with E-state index in [1.54, 1.807) is 13.0 Å². The van der Waals surface area contributed by atoms with Crippen LogP contribution in [0.1, 0.15) is 136 Å². The third-order valence-corrected chi connectivity index (χ3v) is 5.63. The normalized spacial score (nSPS) is 9.77. The van der Waals surface area contributed by atoms with Crippen molar-refractivity contribution in [3.8, 4) is 0 Å². The maximum Gasteiger partial charge on any atom is 0.336 e. The standard InChI is InChI=1S/C18H36O2.C9H8O4.2Ag/c1-2-3-4-5-6-7-8-9-10-11-12-13-14-15-16-17-18(19)20;1-5-2-3-6(8(10)11)7(4-5)9(12)13;;/h2-17H2,1H3,(H,19,20);2-4H,1H3,(H,10,11)(H,12,13);;. The summed E-state index contributed by atoms with van der Waals surface area (Å²) in [6, 6.07) is 4.20. The second-order valence-electron chi connectivity index (χ2n) is 8.75. The Kier molecular flexibility index (Phi) is 28.9. The summed E-state index contributed by atoms with van der Waals surface area (Å²) in [5.41, 5.74) is 0.369. The summed E-state index contributed by atoms with van der Waals surface area (Å²) < 4.78 is 0. The largest absolute Gasteiger partial charge is 0.481 e. The number of hydrogen-bond acceptors (Lipinski definition) is 3. The summed E-state index contributed by atoms with van der Waals surface area (Å²) in [5.74, 6) is -3.10. The number of carboxylic acid groups (broad SMARTS) is 3. The van der Waals surface area contributed by atoms with Gasteiger partial charge < -0.3 is 15.3 Å². The molecule has 6 nitrogen and oxygen atoms in total. The molecule has 0 aliphatic carbocycles. The first-order chi connectivity index (χ1) is 15.8. The Labute approximate surface area is 242 Å². The molecule has 8 heteroatoms. The Morgan fingerprint density at radius 1 is 0.600 bits per heavy atom. The van der Waals surface area contributed by atoms with E-state index in [1.165, 1.54) is 95.6 Å². The number of carbonyl (C=O) groups is 3. The summed E-state index contributed by atoms with van der Waals surface area (Å²) in [7, 11) is 0. The smallest absolute Gasteiger partial charge is 0.336 e. The molecule has 0 saturated carbocycles. The van der Waals surface area contributed by atoms with Crippen LogP contribution in [0.4, 0.5) is 0 Å². The van der Waals surface area contributed by atoms with Crippen molar-refractivity contribution in [3.63, 3.8) is 0 Å². The maximum atomic E-state index is 10.6. The van der Waals surface area contributed by atoms with Gasteiger partial charge in [-0.3, -0.25) is 4.79 Å². The zero-order valence-corrected chi connectivity index (χ0v) is 24.2. The summed E-state index contributed by atoms with van der Waals surface area (Å²) in [6.07, 6.45) is 20.2. The first-order valence-corrected chi connectivity index (χ1v) is 12.6. The van der Waals surface area contributed by atoms with Crippen molar-refractivity contribution in [1.29, 1.82) is 0 Å². The SMILES string of the molecule is CCCCCCCCCCCCCCCCCC(=O)O.Cc1ccc(C(=O)O)c(C(=O)O)c1.[Ag].[Ag]. The van der Waals surface area contributed by atoms with Crippen LogP contribution in [0.15, 0.2) is 18.2 Å². The van der Waals surface area contributed by atoms with Gasteiger partial charge in [-0.15, -0.1) is 0 Å². The molecule has 0 unspecified atom stereocenters. The van der Waals surface area contributed by atoms with Crippen LogP contribution in [0, 0.1) is 6.92 Å². The number of benzene rings is 1. The van der Waals surface area contributed by atoms with Gasteiger partial charge in [-0.25, -0.2) is 9.59 Å². The minimum absolute atomic E-state index is 0. The molecule has 1 aromatic rings. The summed E-state index contributed by atoms with van der Waals surface area (Å²) >= 11 is 0. The van der Waals surface area contributed by atoms with E-state index >= 15 is 0 Å². The predicted octanol–water partition coefficient (Wildman–Crippen LogP) is 7.72. The van der Waals surface area contributed by atoms with Crippen LogP contribution in [0.25, 0.3) is 0 Å². The molecule has 0 aromatic heterocycles. The molecule has 0 saturated heterocycles. The van der Waals surface area contributed by atoms with Crippen LogP contribution < -0.4 is 0 Å². The van der Waals surface area contributed by atoms with Gasteiger partial charge in [-0.05, 0) is 25.5 Å². The second kappa shape index (κ2) is 26.2. The summed E-state index contributed by atoms with van der Waals surface area (Å²) in [4.78, 5) is 31.5. The zero-order valence-electron chi connectivity index (χ0n) is 21.2. The molecule has 0 atom stereocenters. The topological polar surface area (TPSA) is 112 Å². The van der Waals surface area contributed by atoms with Crippen molar-refractivity contribution in [3.05, 3.63) is 34.9 Å². The van der Waals surface area contributed by atoms with E-state index in [2.05, 4.69) is 6.92 Å². The van der Waals surface area contributed by atoms with Crippen LogP contribution >= 0.6 is 0 Å². The van der Waals surface area contributed by atoms with Crippen molar-refractivity contribution in [2.45, 2.75) is 117 Å². The van der Waals surface area contributed by atoms with Crippen molar-refractivity contribution < 1.29 is 74.5 Å². The van der Waals surface area contributed by atoms with Crippen LogP contribution in [-0.2, 0) is 49.6 Å². The van der Waals surface area contributed by atoms with Crippen LogP contribution in [0.5, 0.6) is 0 Å². The van der Waals surface area contributed by atoms with Gasteiger partial charge in [0.25, 0.3) is 0 Å². The van der Waals surface area contributed by atoms with E-state index in [1.807, 2.05) is 0 Å². The van der Waals surface area contributed by atoms with Crippen molar-refractivity contribution in [2.75, 3.05) is 0 Å². The van der Waals surface area contributed by atoms with Gasteiger partial charge in [-0.1, -0.05) is 108 Å². The number of rotatable bonds is 18. The Bertz CT molecular complexity index is 694. The van der Waals surface area contributed by atoms with E-state index < -0.39 is 17.9 Å². The quantitative estimate of drug-likeness (QED) is 0.108. The first kappa shape index (κ1) is 38.6. The van der Waals surface area contributed by atoms with Gasteiger partial charge in [0.15, 0.2) is 0 Å². The van der Waals surface area contributed by atoms with Crippen LogP contribution in [0.3, 0.4) is 0 Å². The molecule has 35 heavy (non-hydrogen) atoms. The van der Waals surface area contributed by atoms with Gasteiger partial charge in [0.05, 0.1) is 11.1 Å². The molecule has 1 rings (SSSR count). The Hall–Kier alpha value is -0.889. The molecule has 210 valence electrons. The van der Waals surface area contributed by atoms with E-state index in [-0.39, 0.29) is 55.9 Å². The number of aromatic carboxylic acids is 2. The van der Waals surface area contributed by atoms with E-state index in [0.717, 1.165) is 18.4 Å². The average Bonchev–Trinajstić information content (AvgIpc) is 2.76. The predicted molar refractivity (Wildman–Crippen MR) is 132 cm³/mol. The number of unbranched alkanes of at least 4 members (excludes halogenated alkanes) is 14. The van der Waals surface area contributed by atoms with Crippen molar-refractivity contribution in [1.82, 2.24) is 0 Å². The number of aliphatic carboxylic acids is 1. The van der Waals surface area contributed by atoms with Crippen LogP contribution in [-0.4, -0.2) is 33.2 Å². The first-order valence-electron chi connectivity index (χ1n) is 12.6. The van der Waals surface area contributed by atoms with Gasteiger partial charge in [-0.2, -0.15) is 0 Å². The van der Waals surface area contributed by atoms with E-state index in [9.17, 15) is 14.4 Å². The Morgan fingerprint density at radius 2 is 0.971 bits per heavy atom. The summed E-state index contributed by atoms with van der Waals surface area (Å²) in [6.45, 7) is 3.98. The van der Waals surface area contributed by atoms with E-state index in [4.69, 9.17) is 15.3 Å². The molecule has 0 aliphatic heterocycles. The molecular formula is C27H44Ag2O6. The monoisotopic (exact) mass is 678 g/mol. The fraction of sp³-hybridized carbons (Fsp3) is 0.667. The molecule has 0 bridgehead atoms. The maximum absolute atomic E-state index is 10.6. The Morgan fingerprint density at radius 3 is 1.31 bits per heavy atom. The number of carboxylic acids is 3.